The van der Waals surface area contributed by atoms with E-state index >= 15 is 0 Å². The van der Waals surface area contributed by atoms with Crippen LogP contribution in [0.1, 0.15) is 46.1 Å². The number of aromatic nitrogens is 4. The van der Waals surface area contributed by atoms with Gasteiger partial charge in [0.2, 0.25) is 5.82 Å². The predicted molar refractivity (Wildman–Crippen MR) is 107 cm³/mol. The van der Waals surface area contributed by atoms with E-state index in [4.69, 9.17) is 0 Å². The number of nitrogens with one attached hydrogen (secondary N) is 2. The maximum absolute atomic E-state index is 13.1. The van der Waals surface area contributed by atoms with Crippen molar-refractivity contribution in [1.82, 2.24) is 25.1 Å². The van der Waals surface area contributed by atoms with Crippen molar-refractivity contribution in [3.05, 3.63) is 77.1 Å². The highest BCUT2D eigenvalue weighted by Gasteiger charge is 2.32. The first-order valence-electron chi connectivity index (χ1n) is 9.88. The molecule has 3 heterocycles. The second kappa shape index (κ2) is 7.16. The fourth-order valence-electron chi connectivity index (χ4n) is 4.14. The van der Waals surface area contributed by atoms with Gasteiger partial charge < -0.3 is 14.9 Å². The first-order valence-corrected chi connectivity index (χ1v) is 9.88. The summed E-state index contributed by atoms with van der Waals surface area (Å²) < 4.78 is 2.12. The lowest BCUT2D eigenvalue weighted by Crippen LogP contribution is -2.41. The van der Waals surface area contributed by atoms with Gasteiger partial charge in [-0.25, -0.2) is 0 Å². The Labute approximate surface area is 167 Å². The molecule has 1 unspecified atom stereocenters. The smallest absolute Gasteiger partial charge is 0.289 e. The number of allylic oxidation sites excluding steroid dienone is 1. The molecule has 5 rings (SSSR count). The van der Waals surface area contributed by atoms with Crippen LogP contribution in [0.5, 0.6) is 0 Å². The number of benzene rings is 1. The van der Waals surface area contributed by atoms with Crippen molar-refractivity contribution < 1.29 is 9.59 Å². The van der Waals surface area contributed by atoms with Crippen molar-refractivity contribution in [2.75, 3.05) is 0 Å². The zero-order valence-electron chi connectivity index (χ0n) is 15.9. The molecule has 0 bridgehead atoms. The van der Waals surface area contributed by atoms with E-state index in [9.17, 15) is 9.59 Å². The summed E-state index contributed by atoms with van der Waals surface area (Å²) in [4.78, 5) is 28.8. The molecule has 2 N–H and O–H groups in total. The standard InChI is InChI=1S/C22H21N5O2/c28-20-16-8-4-7-15-9-11-27(19(15)16)12-10-17(20)23-22(29)21-24-18(25-26-21)13-14-5-2-1-3-6-14/h1-3,5-6,8-9,11,17H,4,7,10,12-13H2,(H,23,29)(H,24,25,26). The highest BCUT2D eigenvalue weighted by Crippen LogP contribution is 2.32. The third kappa shape index (κ3) is 3.29. The quantitative estimate of drug-likeness (QED) is 0.718. The Morgan fingerprint density at radius 3 is 2.93 bits per heavy atom. The van der Waals surface area contributed by atoms with Gasteiger partial charge >= 0.3 is 0 Å². The minimum Gasteiger partial charge on any atom is -0.347 e. The van der Waals surface area contributed by atoms with E-state index in [0.717, 1.165) is 29.7 Å². The maximum atomic E-state index is 13.1. The number of ketones is 1. The molecule has 3 aromatic rings. The number of H-pyrrole nitrogens is 1. The van der Waals surface area contributed by atoms with Crippen LogP contribution in [0.25, 0.3) is 5.57 Å². The van der Waals surface area contributed by atoms with Crippen molar-refractivity contribution in [2.45, 2.75) is 38.3 Å². The lowest BCUT2D eigenvalue weighted by molar-refractivity contribution is -0.115. The van der Waals surface area contributed by atoms with Gasteiger partial charge in [0.1, 0.15) is 5.82 Å². The van der Waals surface area contributed by atoms with E-state index in [1.807, 2.05) is 42.6 Å². The Balaban J connectivity index is 1.31. The topological polar surface area (TPSA) is 92.7 Å². The van der Waals surface area contributed by atoms with Gasteiger partial charge in [-0.3, -0.25) is 9.59 Å². The van der Waals surface area contributed by atoms with Gasteiger partial charge in [0.25, 0.3) is 5.91 Å². The summed E-state index contributed by atoms with van der Waals surface area (Å²) in [5.41, 5.74) is 4.03. The summed E-state index contributed by atoms with van der Waals surface area (Å²) >= 11 is 0. The number of aryl methyl sites for hydroxylation is 2. The lowest BCUT2D eigenvalue weighted by Gasteiger charge is -2.17. The van der Waals surface area contributed by atoms with Gasteiger partial charge in [0.15, 0.2) is 5.78 Å². The third-order valence-corrected chi connectivity index (χ3v) is 5.57. The van der Waals surface area contributed by atoms with E-state index < -0.39 is 11.9 Å². The van der Waals surface area contributed by atoms with E-state index in [1.54, 1.807) is 0 Å². The summed E-state index contributed by atoms with van der Waals surface area (Å²) in [7, 11) is 0. The van der Waals surface area contributed by atoms with Gasteiger partial charge in [0, 0.05) is 24.7 Å². The van der Waals surface area contributed by atoms with E-state index in [0.29, 0.717) is 25.2 Å². The molecule has 2 aliphatic rings. The van der Waals surface area contributed by atoms with Crippen LogP contribution in [0.4, 0.5) is 0 Å². The molecule has 1 aliphatic heterocycles. The van der Waals surface area contributed by atoms with Gasteiger partial charge in [-0.05, 0) is 36.5 Å². The fourth-order valence-corrected chi connectivity index (χ4v) is 4.14. The number of amides is 1. The summed E-state index contributed by atoms with van der Waals surface area (Å²) in [6, 6.07) is 11.4. The minimum atomic E-state index is -0.567. The van der Waals surface area contributed by atoms with Gasteiger partial charge in [-0.2, -0.15) is 0 Å². The number of hydrogen-bond acceptors (Lipinski definition) is 4. The Hall–Kier alpha value is -3.48. The number of carbonyl (C=O) groups excluding carboxylic acids is 2. The van der Waals surface area contributed by atoms with Crippen molar-refractivity contribution in [1.29, 1.82) is 0 Å². The normalized spacial score (nSPS) is 18.0. The minimum absolute atomic E-state index is 0.0271. The Morgan fingerprint density at radius 2 is 2.07 bits per heavy atom. The summed E-state index contributed by atoms with van der Waals surface area (Å²) in [6.07, 6.45) is 6.95. The largest absolute Gasteiger partial charge is 0.347 e. The molecular weight excluding hydrogens is 366 g/mol. The number of nitrogens with zero attached hydrogens (tertiary/aromatic N) is 3. The van der Waals surface area contributed by atoms with Gasteiger partial charge in [-0.1, -0.05) is 36.4 Å². The maximum Gasteiger partial charge on any atom is 0.289 e. The Morgan fingerprint density at radius 1 is 1.21 bits per heavy atom. The molecular formula is C22H21N5O2. The Kier molecular flexibility index (Phi) is 4.35. The van der Waals surface area contributed by atoms with Crippen LogP contribution in [-0.4, -0.2) is 37.5 Å². The highest BCUT2D eigenvalue weighted by atomic mass is 16.2. The molecule has 29 heavy (non-hydrogen) atoms. The van der Waals surface area contributed by atoms with Crippen LogP contribution in [0.15, 0.2) is 48.7 Å². The molecule has 0 spiro atoms. The predicted octanol–water partition coefficient (Wildman–Crippen LogP) is 2.30. The molecule has 2 aromatic heterocycles. The first-order chi connectivity index (χ1) is 14.2. The molecule has 7 nitrogen and oxygen atoms in total. The first kappa shape index (κ1) is 17.6. The number of aromatic amines is 1. The van der Waals surface area contributed by atoms with E-state index in [-0.39, 0.29) is 11.6 Å². The van der Waals surface area contributed by atoms with Crippen LogP contribution < -0.4 is 5.32 Å². The molecule has 146 valence electrons. The second-order valence-corrected chi connectivity index (χ2v) is 7.50. The van der Waals surface area contributed by atoms with Crippen LogP contribution in [0.3, 0.4) is 0 Å². The van der Waals surface area contributed by atoms with Crippen LogP contribution in [0.2, 0.25) is 0 Å². The number of rotatable bonds is 4. The Bertz CT molecular complexity index is 1110. The molecule has 1 atom stereocenters. The number of hydrogen-bond donors (Lipinski definition) is 2. The number of carbonyl (C=O) groups is 2. The SMILES string of the molecule is O=C(NC1CCn2ccc3c2C(=CCC3)C1=O)c1nnc(Cc2ccccc2)[nH]1. The highest BCUT2D eigenvalue weighted by molar-refractivity contribution is 6.24. The molecule has 0 radical (unpaired) electrons. The summed E-state index contributed by atoms with van der Waals surface area (Å²) in [5, 5.41) is 10.9. The summed E-state index contributed by atoms with van der Waals surface area (Å²) in [5.74, 6) is 0.314. The molecule has 1 aromatic carbocycles. The molecule has 1 aliphatic carbocycles. The molecule has 1 amide bonds. The van der Waals surface area contributed by atoms with E-state index in [1.165, 1.54) is 5.56 Å². The summed E-state index contributed by atoms with van der Waals surface area (Å²) in [6.45, 7) is 0.693. The van der Waals surface area contributed by atoms with Crippen LogP contribution in [0, 0.1) is 0 Å². The number of Topliss-reactive ketones (excluding diaryl/α,β-unsaturated/α-hetero) is 1. The zero-order valence-corrected chi connectivity index (χ0v) is 15.9. The van der Waals surface area contributed by atoms with Crippen LogP contribution >= 0.6 is 0 Å². The fraction of sp³-hybridized carbons (Fsp3) is 0.273. The molecule has 0 fully saturated rings. The van der Waals surface area contributed by atoms with E-state index in [2.05, 4.69) is 31.1 Å². The lowest BCUT2D eigenvalue weighted by atomic mass is 9.92. The van der Waals surface area contributed by atoms with Gasteiger partial charge in [-0.15, -0.1) is 10.2 Å². The molecule has 7 heteroatoms. The zero-order chi connectivity index (χ0) is 19.8. The average Bonchev–Trinajstić information content (AvgIpc) is 3.35. The third-order valence-electron chi connectivity index (χ3n) is 5.57. The monoisotopic (exact) mass is 387 g/mol. The van der Waals surface area contributed by atoms with Crippen molar-refractivity contribution in [3.63, 3.8) is 0 Å². The van der Waals surface area contributed by atoms with Gasteiger partial charge in [0.05, 0.1) is 11.7 Å². The average molecular weight is 387 g/mol. The second-order valence-electron chi connectivity index (χ2n) is 7.50. The molecule has 0 saturated carbocycles. The van der Waals surface area contributed by atoms with Crippen molar-refractivity contribution in [2.24, 2.45) is 0 Å². The van der Waals surface area contributed by atoms with Crippen molar-refractivity contribution >= 4 is 17.3 Å². The van der Waals surface area contributed by atoms with Crippen LogP contribution in [-0.2, 0) is 24.2 Å². The molecule has 0 saturated heterocycles. The van der Waals surface area contributed by atoms with Crippen molar-refractivity contribution in [3.8, 4) is 0 Å².